The van der Waals surface area contributed by atoms with Gasteiger partial charge in [0.05, 0.1) is 4.90 Å². The molecule has 2 N–H and O–H groups in total. The lowest BCUT2D eigenvalue weighted by atomic mass is 10.2. The van der Waals surface area contributed by atoms with Crippen molar-refractivity contribution >= 4 is 20.9 Å². The van der Waals surface area contributed by atoms with E-state index >= 15 is 0 Å². The first-order chi connectivity index (χ1) is 9.54. The van der Waals surface area contributed by atoms with Crippen molar-refractivity contribution in [1.82, 2.24) is 9.71 Å². The van der Waals surface area contributed by atoms with Crippen LogP contribution in [-0.2, 0) is 10.0 Å². The number of rotatable bonds is 3. The molecule has 5 nitrogen and oxygen atoms in total. The van der Waals surface area contributed by atoms with E-state index in [4.69, 9.17) is 0 Å². The second kappa shape index (κ2) is 5.03. The Morgan fingerprint density at radius 1 is 1.10 bits per heavy atom. The van der Waals surface area contributed by atoms with E-state index in [2.05, 4.69) is 9.71 Å². The zero-order valence-corrected chi connectivity index (χ0v) is 11.7. The zero-order chi connectivity index (χ0) is 14.2. The maximum absolute atomic E-state index is 12.3. The molecule has 0 unspecified atom stereocenters. The second-order valence-corrected chi connectivity index (χ2v) is 6.89. The number of hydrogen-bond acceptors (Lipinski definition) is 3. The Morgan fingerprint density at radius 2 is 1.85 bits per heavy atom. The molecular weight excluding hydrogens is 276 g/mol. The van der Waals surface area contributed by atoms with Crippen LogP contribution in [0.3, 0.4) is 0 Å². The first kappa shape index (κ1) is 13.3. The monoisotopic (exact) mass is 292 g/mol. The standard InChI is InChI=1S/C14H16N2O3S/c17-14-8-5-10-9-12(6-7-13(10)15-14)20(18,19)16-11-3-1-2-4-11/h5-9,11,16H,1-4H2,(H,15,17). The first-order valence-corrected chi connectivity index (χ1v) is 8.18. The smallest absolute Gasteiger partial charge is 0.248 e. The minimum absolute atomic E-state index is 0.0475. The molecule has 0 spiro atoms. The highest BCUT2D eigenvalue weighted by molar-refractivity contribution is 7.89. The summed E-state index contributed by atoms with van der Waals surface area (Å²) in [6, 6.07) is 7.80. The van der Waals surface area contributed by atoms with Crippen LogP contribution in [0.1, 0.15) is 25.7 Å². The summed E-state index contributed by atoms with van der Waals surface area (Å²) in [6.45, 7) is 0. The van der Waals surface area contributed by atoms with E-state index in [1.54, 1.807) is 18.2 Å². The fourth-order valence-corrected chi connectivity index (χ4v) is 3.97. The lowest BCUT2D eigenvalue weighted by Gasteiger charge is -2.12. The zero-order valence-electron chi connectivity index (χ0n) is 10.9. The van der Waals surface area contributed by atoms with Crippen LogP contribution in [0.25, 0.3) is 10.9 Å². The quantitative estimate of drug-likeness (QED) is 0.904. The molecule has 1 aliphatic rings. The molecule has 0 aliphatic heterocycles. The molecule has 106 valence electrons. The van der Waals surface area contributed by atoms with Crippen LogP contribution in [0.2, 0.25) is 0 Å². The maximum Gasteiger partial charge on any atom is 0.248 e. The first-order valence-electron chi connectivity index (χ1n) is 6.70. The fourth-order valence-electron chi connectivity index (χ4n) is 2.63. The Kier molecular flexibility index (Phi) is 3.35. The number of benzene rings is 1. The lowest BCUT2D eigenvalue weighted by Crippen LogP contribution is -2.32. The van der Waals surface area contributed by atoms with Gasteiger partial charge in [-0.1, -0.05) is 12.8 Å². The lowest BCUT2D eigenvalue weighted by molar-refractivity contribution is 0.552. The van der Waals surface area contributed by atoms with E-state index in [1.807, 2.05) is 0 Å². The summed E-state index contributed by atoms with van der Waals surface area (Å²) in [5, 5.41) is 0.707. The maximum atomic E-state index is 12.3. The summed E-state index contributed by atoms with van der Waals surface area (Å²) in [7, 11) is -3.49. The van der Waals surface area contributed by atoms with Gasteiger partial charge < -0.3 is 4.98 Å². The number of sulfonamides is 1. The molecule has 1 saturated carbocycles. The molecule has 1 aliphatic carbocycles. The molecule has 20 heavy (non-hydrogen) atoms. The van der Waals surface area contributed by atoms with Crippen molar-refractivity contribution in [3.05, 3.63) is 40.7 Å². The molecule has 0 amide bonds. The van der Waals surface area contributed by atoms with Crippen LogP contribution in [0.15, 0.2) is 40.0 Å². The summed E-state index contributed by atoms with van der Waals surface area (Å²) in [5.41, 5.74) is 0.439. The summed E-state index contributed by atoms with van der Waals surface area (Å²) in [5.74, 6) is 0. The summed E-state index contributed by atoms with van der Waals surface area (Å²) >= 11 is 0. The topological polar surface area (TPSA) is 79.0 Å². The van der Waals surface area contributed by atoms with Crippen molar-refractivity contribution in [2.45, 2.75) is 36.6 Å². The average molecular weight is 292 g/mol. The van der Waals surface area contributed by atoms with Gasteiger partial charge in [-0.05, 0) is 42.5 Å². The second-order valence-electron chi connectivity index (χ2n) is 5.17. The van der Waals surface area contributed by atoms with E-state index < -0.39 is 10.0 Å². The fraction of sp³-hybridized carbons (Fsp3) is 0.357. The Labute approximate surface area is 117 Å². The Balaban J connectivity index is 1.96. The third-order valence-corrected chi connectivity index (χ3v) is 5.20. The Morgan fingerprint density at radius 3 is 2.60 bits per heavy atom. The van der Waals surface area contributed by atoms with Gasteiger partial charge in [0.1, 0.15) is 0 Å². The van der Waals surface area contributed by atoms with Gasteiger partial charge in [-0.25, -0.2) is 13.1 Å². The molecule has 1 aromatic heterocycles. The van der Waals surface area contributed by atoms with Gasteiger partial charge in [0, 0.05) is 17.6 Å². The van der Waals surface area contributed by atoms with Gasteiger partial charge >= 0.3 is 0 Å². The van der Waals surface area contributed by atoms with Crippen LogP contribution in [0.5, 0.6) is 0 Å². The van der Waals surface area contributed by atoms with Gasteiger partial charge in [-0.3, -0.25) is 4.79 Å². The minimum atomic E-state index is -3.49. The van der Waals surface area contributed by atoms with Crippen molar-refractivity contribution in [2.75, 3.05) is 0 Å². The molecule has 0 atom stereocenters. The number of fused-ring (bicyclic) bond motifs is 1. The van der Waals surface area contributed by atoms with Gasteiger partial charge in [0.2, 0.25) is 15.6 Å². The van der Waals surface area contributed by atoms with Crippen molar-refractivity contribution in [1.29, 1.82) is 0 Å². The summed E-state index contributed by atoms with van der Waals surface area (Å²) in [6.07, 6.45) is 3.96. The number of nitrogens with one attached hydrogen (secondary N) is 2. The molecule has 1 fully saturated rings. The van der Waals surface area contributed by atoms with E-state index in [0.717, 1.165) is 25.7 Å². The van der Waals surface area contributed by atoms with Gasteiger partial charge in [0.25, 0.3) is 0 Å². The predicted molar refractivity (Wildman–Crippen MR) is 77.1 cm³/mol. The highest BCUT2D eigenvalue weighted by Gasteiger charge is 2.22. The summed E-state index contributed by atoms with van der Waals surface area (Å²) in [4.78, 5) is 14.1. The number of aromatic nitrogens is 1. The molecule has 3 rings (SSSR count). The number of hydrogen-bond donors (Lipinski definition) is 2. The van der Waals surface area contributed by atoms with Crippen LogP contribution < -0.4 is 10.3 Å². The van der Waals surface area contributed by atoms with Crippen molar-refractivity contribution in [3.63, 3.8) is 0 Å². The molecule has 2 aromatic rings. The van der Waals surface area contributed by atoms with Crippen LogP contribution >= 0.6 is 0 Å². The van der Waals surface area contributed by atoms with E-state index in [-0.39, 0.29) is 16.5 Å². The molecule has 1 heterocycles. The van der Waals surface area contributed by atoms with Crippen molar-refractivity contribution < 1.29 is 8.42 Å². The van der Waals surface area contributed by atoms with E-state index in [9.17, 15) is 13.2 Å². The Bertz CT molecular complexity index is 789. The van der Waals surface area contributed by atoms with Gasteiger partial charge in [-0.15, -0.1) is 0 Å². The van der Waals surface area contributed by atoms with E-state index in [1.165, 1.54) is 12.1 Å². The number of aromatic amines is 1. The minimum Gasteiger partial charge on any atom is -0.322 e. The van der Waals surface area contributed by atoms with Gasteiger partial charge in [-0.2, -0.15) is 0 Å². The molecule has 6 heteroatoms. The molecule has 0 saturated heterocycles. The molecule has 0 radical (unpaired) electrons. The molecule has 1 aromatic carbocycles. The highest BCUT2D eigenvalue weighted by atomic mass is 32.2. The number of pyridine rings is 1. The van der Waals surface area contributed by atoms with Crippen LogP contribution in [0.4, 0.5) is 0 Å². The highest BCUT2D eigenvalue weighted by Crippen LogP contribution is 2.21. The van der Waals surface area contributed by atoms with Crippen LogP contribution in [-0.4, -0.2) is 19.4 Å². The molecule has 0 bridgehead atoms. The van der Waals surface area contributed by atoms with Crippen LogP contribution in [0, 0.1) is 0 Å². The predicted octanol–water partition coefficient (Wildman–Crippen LogP) is 1.75. The third kappa shape index (κ3) is 2.62. The largest absolute Gasteiger partial charge is 0.322 e. The third-order valence-electron chi connectivity index (χ3n) is 3.68. The van der Waals surface area contributed by atoms with Crippen molar-refractivity contribution in [3.8, 4) is 0 Å². The average Bonchev–Trinajstić information content (AvgIpc) is 2.90. The SMILES string of the molecule is O=c1ccc2cc(S(=O)(=O)NC3CCCC3)ccc2[nH]1. The summed E-state index contributed by atoms with van der Waals surface area (Å²) < 4.78 is 27.4. The van der Waals surface area contributed by atoms with Crippen molar-refractivity contribution in [2.24, 2.45) is 0 Å². The molecular formula is C14H16N2O3S. The number of H-pyrrole nitrogens is 1. The van der Waals surface area contributed by atoms with E-state index in [0.29, 0.717) is 10.9 Å². The normalized spacial score (nSPS) is 16.8. The Hall–Kier alpha value is -1.66. The van der Waals surface area contributed by atoms with Gasteiger partial charge in [0.15, 0.2) is 0 Å².